The zero-order valence-corrected chi connectivity index (χ0v) is 20.3. The van der Waals surface area contributed by atoms with Crippen molar-refractivity contribution in [2.45, 2.75) is 83.5 Å². The van der Waals surface area contributed by atoms with E-state index in [0.717, 1.165) is 36.8 Å². The molecule has 0 atom stereocenters. The number of carbonyl (C=O) groups excluding carboxylic acids is 1. The molecule has 0 aliphatic heterocycles. The average molecular weight is 453 g/mol. The molecule has 0 aliphatic rings. The molecule has 2 N–H and O–H groups in total. The number of allylic oxidation sites excluding steroid dienone is 2. The van der Waals surface area contributed by atoms with Crippen molar-refractivity contribution in [3.05, 3.63) is 71.8 Å². The van der Waals surface area contributed by atoms with Crippen LogP contribution in [-0.2, 0) is 14.9 Å². The summed E-state index contributed by atoms with van der Waals surface area (Å²) in [5.74, 6) is 0.228. The molecule has 0 radical (unpaired) electrons. The molecule has 4 heteroatoms. The van der Waals surface area contributed by atoms with E-state index < -0.39 is 5.41 Å². The molecule has 2 aromatic rings. The summed E-state index contributed by atoms with van der Waals surface area (Å²) in [5.41, 5.74) is 1.56. The monoisotopic (exact) mass is 452 g/mol. The molecule has 0 saturated heterocycles. The van der Waals surface area contributed by atoms with E-state index in [-0.39, 0.29) is 17.5 Å². The van der Waals surface area contributed by atoms with Crippen LogP contribution in [0.2, 0.25) is 0 Å². The van der Waals surface area contributed by atoms with Gasteiger partial charge in [0.25, 0.3) is 0 Å². The summed E-state index contributed by atoms with van der Waals surface area (Å²) in [4.78, 5) is 12.4. The number of hydrogen-bond acceptors (Lipinski definition) is 4. The first-order valence-corrected chi connectivity index (χ1v) is 12.4. The summed E-state index contributed by atoms with van der Waals surface area (Å²) in [6.45, 7) is 4.77. The molecule has 0 unspecified atom stereocenters. The molecule has 180 valence electrons. The van der Waals surface area contributed by atoms with Crippen LogP contribution in [0, 0.1) is 0 Å². The fourth-order valence-electron chi connectivity index (χ4n) is 4.01. The molecule has 0 bridgehead atoms. The largest absolute Gasteiger partial charge is 0.508 e. The van der Waals surface area contributed by atoms with Crippen LogP contribution in [0.3, 0.4) is 0 Å². The molecular weight excluding hydrogens is 412 g/mol. The van der Waals surface area contributed by atoms with Crippen molar-refractivity contribution in [3.63, 3.8) is 0 Å². The average Bonchev–Trinajstić information content (AvgIpc) is 2.82. The molecule has 0 fully saturated rings. The Bertz CT molecular complexity index is 791. The number of unbranched alkanes of at least 4 members (excludes halogenated alkanes) is 6. The fraction of sp³-hybridized carbons (Fsp3) is 0.483. The van der Waals surface area contributed by atoms with Crippen molar-refractivity contribution < 1.29 is 19.7 Å². The van der Waals surface area contributed by atoms with E-state index in [0.29, 0.717) is 19.4 Å². The number of rotatable bonds is 15. The maximum Gasteiger partial charge on any atom is 0.305 e. The summed E-state index contributed by atoms with van der Waals surface area (Å²) >= 11 is 0. The summed E-state index contributed by atoms with van der Waals surface area (Å²) in [7, 11) is 0. The predicted octanol–water partition coefficient (Wildman–Crippen LogP) is 7.42. The number of hydrogen-bond donors (Lipinski definition) is 2. The first-order valence-electron chi connectivity index (χ1n) is 12.4. The number of aromatic hydroxyl groups is 2. The van der Waals surface area contributed by atoms with Gasteiger partial charge in [0.05, 0.1) is 6.61 Å². The van der Waals surface area contributed by atoms with E-state index in [1.807, 2.05) is 24.3 Å². The SMILES string of the molecule is CCCCC/C=C/CCCCCOC(=O)CCC(C)(c1ccc(O)cc1)c1ccc(O)cc1. The second-order valence-electron chi connectivity index (χ2n) is 8.96. The number of esters is 1. The normalized spacial score (nSPS) is 11.7. The van der Waals surface area contributed by atoms with Crippen molar-refractivity contribution >= 4 is 5.97 Å². The molecule has 0 amide bonds. The maximum absolute atomic E-state index is 12.4. The van der Waals surface area contributed by atoms with Crippen molar-refractivity contribution in [3.8, 4) is 11.5 Å². The second kappa shape index (κ2) is 14.4. The van der Waals surface area contributed by atoms with Crippen LogP contribution >= 0.6 is 0 Å². The van der Waals surface area contributed by atoms with Crippen LogP contribution in [0.4, 0.5) is 0 Å². The highest BCUT2D eigenvalue weighted by Crippen LogP contribution is 2.37. The molecule has 0 aliphatic carbocycles. The van der Waals surface area contributed by atoms with E-state index in [2.05, 4.69) is 26.0 Å². The van der Waals surface area contributed by atoms with Gasteiger partial charge in [-0.3, -0.25) is 4.79 Å². The standard InChI is InChI=1S/C29H40O4/c1-3-4-5-6-7-8-9-10-11-12-23-33-28(32)21-22-29(2,24-13-17-26(30)18-14-24)25-15-19-27(31)20-16-25/h7-8,13-20,30-31H,3-6,9-12,21-23H2,1-2H3/b8-7+. The van der Waals surface area contributed by atoms with Crippen LogP contribution < -0.4 is 0 Å². The molecule has 0 heterocycles. The zero-order valence-electron chi connectivity index (χ0n) is 20.3. The lowest BCUT2D eigenvalue weighted by molar-refractivity contribution is -0.144. The Hall–Kier alpha value is -2.75. The van der Waals surface area contributed by atoms with E-state index >= 15 is 0 Å². The Labute approximate surface area is 199 Å². The number of phenols is 2. The quantitative estimate of drug-likeness (QED) is 0.168. The van der Waals surface area contributed by atoms with E-state index in [1.165, 1.54) is 25.7 Å². The highest BCUT2D eigenvalue weighted by Gasteiger charge is 2.30. The third kappa shape index (κ3) is 9.33. The summed E-state index contributed by atoms with van der Waals surface area (Å²) in [6.07, 6.45) is 14.6. The third-order valence-electron chi connectivity index (χ3n) is 6.26. The minimum atomic E-state index is -0.441. The molecule has 0 saturated carbocycles. The van der Waals surface area contributed by atoms with Crippen LogP contribution in [-0.4, -0.2) is 22.8 Å². The number of carbonyl (C=O) groups is 1. The molecule has 2 aromatic carbocycles. The number of benzene rings is 2. The maximum atomic E-state index is 12.4. The van der Waals surface area contributed by atoms with Gasteiger partial charge in [-0.25, -0.2) is 0 Å². The Morgan fingerprint density at radius 1 is 0.818 bits per heavy atom. The van der Waals surface area contributed by atoms with E-state index in [1.54, 1.807) is 24.3 Å². The molecule has 4 nitrogen and oxygen atoms in total. The third-order valence-corrected chi connectivity index (χ3v) is 6.26. The first kappa shape index (κ1) is 26.5. The Balaban J connectivity index is 1.78. The highest BCUT2D eigenvalue weighted by molar-refractivity contribution is 5.69. The van der Waals surface area contributed by atoms with Gasteiger partial charge in [0.2, 0.25) is 0 Å². The lowest BCUT2D eigenvalue weighted by atomic mass is 9.73. The van der Waals surface area contributed by atoms with Crippen molar-refractivity contribution in [2.75, 3.05) is 6.61 Å². The Morgan fingerprint density at radius 3 is 1.85 bits per heavy atom. The highest BCUT2D eigenvalue weighted by atomic mass is 16.5. The summed E-state index contributed by atoms with van der Waals surface area (Å²) in [6, 6.07) is 14.2. The van der Waals surface area contributed by atoms with Gasteiger partial charge in [-0.05, 0) is 80.3 Å². The van der Waals surface area contributed by atoms with Gasteiger partial charge in [-0.1, -0.05) is 63.1 Å². The van der Waals surface area contributed by atoms with Crippen molar-refractivity contribution in [1.29, 1.82) is 0 Å². The summed E-state index contributed by atoms with van der Waals surface area (Å²) in [5, 5.41) is 19.3. The number of ether oxygens (including phenoxy) is 1. The van der Waals surface area contributed by atoms with Gasteiger partial charge in [-0.2, -0.15) is 0 Å². The first-order chi connectivity index (χ1) is 16.0. The minimum Gasteiger partial charge on any atom is -0.508 e. The minimum absolute atomic E-state index is 0.186. The van der Waals surface area contributed by atoms with Crippen LogP contribution in [0.25, 0.3) is 0 Å². The molecule has 0 aromatic heterocycles. The van der Waals surface area contributed by atoms with Crippen LogP contribution in [0.1, 0.15) is 89.2 Å². The molecule has 33 heavy (non-hydrogen) atoms. The predicted molar refractivity (Wildman–Crippen MR) is 135 cm³/mol. The molecular formula is C29H40O4. The van der Waals surface area contributed by atoms with Gasteiger partial charge in [-0.15, -0.1) is 0 Å². The van der Waals surface area contributed by atoms with Crippen molar-refractivity contribution in [1.82, 2.24) is 0 Å². The zero-order chi connectivity index (χ0) is 23.9. The van der Waals surface area contributed by atoms with Gasteiger partial charge >= 0.3 is 5.97 Å². The summed E-state index contributed by atoms with van der Waals surface area (Å²) < 4.78 is 5.48. The van der Waals surface area contributed by atoms with Crippen LogP contribution in [0.15, 0.2) is 60.7 Å². The lowest BCUT2D eigenvalue weighted by Crippen LogP contribution is -2.25. The van der Waals surface area contributed by atoms with E-state index in [4.69, 9.17) is 4.74 Å². The van der Waals surface area contributed by atoms with E-state index in [9.17, 15) is 15.0 Å². The van der Waals surface area contributed by atoms with Gasteiger partial charge < -0.3 is 14.9 Å². The fourth-order valence-corrected chi connectivity index (χ4v) is 4.01. The topological polar surface area (TPSA) is 66.8 Å². The lowest BCUT2D eigenvalue weighted by Gasteiger charge is -2.31. The van der Waals surface area contributed by atoms with Gasteiger partial charge in [0.1, 0.15) is 11.5 Å². The van der Waals surface area contributed by atoms with Gasteiger partial charge in [0.15, 0.2) is 0 Å². The van der Waals surface area contributed by atoms with Crippen LogP contribution in [0.5, 0.6) is 11.5 Å². The Kier molecular flexibility index (Phi) is 11.6. The molecule has 2 rings (SSSR count). The van der Waals surface area contributed by atoms with Gasteiger partial charge in [0, 0.05) is 11.8 Å². The number of phenolic OH excluding ortho intramolecular Hbond substituents is 2. The smallest absolute Gasteiger partial charge is 0.305 e. The Morgan fingerprint density at radius 2 is 1.33 bits per heavy atom. The molecule has 0 spiro atoms. The van der Waals surface area contributed by atoms with Crippen molar-refractivity contribution in [2.24, 2.45) is 0 Å². The second-order valence-corrected chi connectivity index (χ2v) is 8.96.